The van der Waals surface area contributed by atoms with E-state index in [0.717, 1.165) is 17.1 Å². The molecule has 0 aliphatic heterocycles. The van der Waals surface area contributed by atoms with Gasteiger partial charge in [-0.05, 0) is 56.7 Å². The van der Waals surface area contributed by atoms with Crippen molar-refractivity contribution in [1.82, 2.24) is 9.88 Å². The second kappa shape index (κ2) is 9.75. The normalized spacial score (nSPS) is 18.7. The van der Waals surface area contributed by atoms with Gasteiger partial charge in [0.05, 0.1) is 15.8 Å². The number of hydrogen-bond acceptors (Lipinski definition) is 5. The highest BCUT2D eigenvalue weighted by molar-refractivity contribution is 8.01. The van der Waals surface area contributed by atoms with E-state index in [-0.39, 0.29) is 23.8 Å². The lowest BCUT2D eigenvalue weighted by molar-refractivity contribution is -0.145. The quantitative estimate of drug-likeness (QED) is 0.474. The van der Waals surface area contributed by atoms with Gasteiger partial charge in [-0.15, -0.1) is 11.8 Å². The third-order valence-electron chi connectivity index (χ3n) is 5.53. The van der Waals surface area contributed by atoms with Gasteiger partial charge in [0, 0.05) is 23.9 Å². The Balaban J connectivity index is 1.54. The molecule has 168 valence electrons. The maximum atomic E-state index is 14.2. The zero-order valence-corrected chi connectivity index (χ0v) is 19.9. The molecule has 1 aliphatic carbocycles. The number of aliphatic carboxylic acids is 1. The molecule has 2 atom stereocenters. The van der Waals surface area contributed by atoms with E-state index in [2.05, 4.69) is 10.3 Å². The van der Waals surface area contributed by atoms with Crippen LogP contribution in [0.25, 0.3) is 0 Å². The second-order valence-electron chi connectivity index (χ2n) is 8.33. The smallest absolute Gasteiger partial charge is 0.323 e. The van der Waals surface area contributed by atoms with Gasteiger partial charge in [-0.3, -0.25) is 10.1 Å². The Morgan fingerprint density at radius 2 is 2.16 bits per heavy atom. The molecule has 1 aromatic carbocycles. The van der Waals surface area contributed by atoms with Gasteiger partial charge in [-0.2, -0.15) is 0 Å². The Labute approximate surface area is 194 Å². The van der Waals surface area contributed by atoms with Crippen LogP contribution < -0.4 is 5.32 Å². The van der Waals surface area contributed by atoms with E-state index in [9.17, 15) is 19.1 Å². The zero-order valence-electron chi connectivity index (χ0n) is 17.5. The number of hydrogen-bond donors (Lipinski definition) is 2. The molecular formula is C21H25ClFN3O3S2. The van der Waals surface area contributed by atoms with Crippen molar-refractivity contribution in [2.24, 2.45) is 5.41 Å². The van der Waals surface area contributed by atoms with Crippen LogP contribution >= 0.6 is 34.7 Å². The number of amides is 2. The number of nitrogens with zero attached hydrogens (tertiary/aromatic N) is 2. The molecule has 6 nitrogen and oxygen atoms in total. The summed E-state index contributed by atoms with van der Waals surface area (Å²) in [5.74, 6) is -0.696. The minimum atomic E-state index is -0.854. The minimum absolute atomic E-state index is 0.00486. The first-order chi connectivity index (χ1) is 14.6. The molecule has 10 heteroatoms. The molecule has 2 aromatic rings. The molecule has 0 radical (unpaired) electrons. The van der Waals surface area contributed by atoms with E-state index in [4.69, 9.17) is 11.6 Å². The molecule has 2 amide bonds. The average Bonchev–Trinajstić information content (AvgIpc) is 3.35. The number of anilines is 1. The molecule has 2 unspecified atom stereocenters. The first-order valence-electron chi connectivity index (χ1n) is 9.87. The molecule has 0 spiro atoms. The number of aromatic nitrogens is 1. The number of halogens is 2. The topological polar surface area (TPSA) is 82.5 Å². The van der Waals surface area contributed by atoms with Crippen molar-refractivity contribution in [1.29, 1.82) is 0 Å². The third-order valence-corrected chi connectivity index (χ3v) is 8.33. The summed E-state index contributed by atoms with van der Waals surface area (Å²) in [5.41, 5.74) is -0.201. The lowest BCUT2D eigenvalue weighted by Gasteiger charge is -2.24. The number of benzene rings is 1. The van der Waals surface area contributed by atoms with Crippen molar-refractivity contribution >= 4 is 51.8 Å². The zero-order chi connectivity index (χ0) is 22.8. The summed E-state index contributed by atoms with van der Waals surface area (Å²) in [6, 6.07) is 4.49. The molecule has 0 bridgehead atoms. The van der Waals surface area contributed by atoms with Crippen LogP contribution in [-0.2, 0) is 4.79 Å². The summed E-state index contributed by atoms with van der Waals surface area (Å²) in [6.45, 7) is 3.34. The number of carboxylic acids is 1. The monoisotopic (exact) mass is 485 g/mol. The van der Waals surface area contributed by atoms with Crippen molar-refractivity contribution in [3.05, 3.63) is 40.8 Å². The fourth-order valence-electron chi connectivity index (χ4n) is 3.47. The predicted octanol–water partition coefficient (Wildman–Crippen LogP) is 5.94. The standard InChI is InChI=1S/C21H25ClFN3O3S2/c1-21(2,18(27)28)11-30-17-10-24-19(31-17)25-20(29)26(3)14-6-4-12(8-14)15-7-5-13(22)9-16(15)23/h5,7,9-10,12,14H,4,6,8,11H2,1-3H3,(H,27,28)(H,24,25,29). The van der Waals surface area contributed by atoms with Crippen LogP contribution in [-0.4, -0.2) is 45.8 Å². The molecular weight excluding hydrogens is 461 g/mol. The maximum Gasteiger partial charge on any atom is 0.323 e. The highest BCUT2D eigenvalue weighted by Gasteiger charge is 2.32. The van der Waals surface area contributed by atoms with Crippen LogP contribution in [0, 0.1) is 11.2 Å². The highest BCUT2D eigenvalue weighted by atomic mass is 35.5. The molecule has 0 saturated heterocycles. The largest absolute Gasteiger partial charge is 0.481 e. The van der Waals surface area contributed by atoms with Crippen LogP contribution in [0.4, 0.5) is 14.3 Å². The number of carbonyl (C=O) groups excluding carboxylic acids is 1. The Morgan fingerprint density at radius 1 is 1.42 bits per heavy atom. The van der Waals surface area contributed by atoms with Crippen molar-refractivity contribution in [3.8, 4) is 0 Å². The van der Waals surface area contributed by atoms with E-state index in [1.807, 2.05) is 0 Å². The van der Waals surface area contributed by atoms with E-state index < -0.39 is 11.4 Å². The molecule has 1 aliphatic rings. The molecule has 2 N–H and O–H groups in total. The van der Waals surface area contributed by atoms with Crippen molar-refractivity contribution in [3.63, 3.8) is 0 Å². The number of rotatable bonds is 7. The summed E-state index contributed by atoms with van der Waals surface area (Å²) < 4.78 is 15.1. The Bertz CT molecular complexity index is 969. The maximum absolute atomic E-state index is 14.2. The molecule has 1 saturated carbocycles. The van der Waals surface area contributed by atoms with Crippen LogP contribution in [0.3, 0.4) is 0 Å². The van der Waals surface area contributed by atoms with Gasteiger partial charge in [0.15, 0.2) is 5.13 Å². The summed E-state index contributed by atoms with van der Waals surface area (Å²) in [5, 5.41) is 12.9. The van der Waals surface area contributed by atoms with E-state index >= 15 is 0 Å². The van der Waals surface area contributed by atoms with E-state index in [0.29, 0.717) is 27.9 Å². The van der Waals surface area contributed by atoms with Gasteiger partial charge in [-0.1, -0.05) is 29.0 Å². The number of thiazole rings is 1. The van der Waals surface area contributed by atoms with Crippen LogP contribution in [0.5, 0.6) is 0 Å². The van der Waals surface area contributed by atoms with Gasteiger partial charge in [0.2, 0.25) is 0 Å². The van der Waals surface area contributed by atoms with Gasteiger partial charge < -0.3 is 10.0 Å². The third kappa shape index (κ3) is 5.90. The minimum Gasteiger partial charge on any atom is -0.481 e. The van der Waals surface area contributed by atoms with Crippen LogP contribution in [0.15, 0.2) is 28.6 Å². The average molecular weight is 486 g/mol. The molecule has 1 fully saturated rings. The molecule has 1 heterocycles. The first kappa shape index (κ1) is 23.8. The van der Waals surface area contributed by atoms with Gasteiger partial charge >= 0.3 is 12.0 Å². The fourth-order valence-corrected chi connectivity index (χ4v) is 5.57. The Hall–Kier alpha value is -1.84. The Morgan fingerprint density at radius 3 is 2.84 bits per heavy atom. The number of thioether (sulfide) groups is 1. The summed E-state index contributed by atoms with van der Waals surface area (Å²) in [7, 11) is 1.74. The van der Waals surface area contributed by atoms with Gasteiger partial charge in [0.25, 0.3) is 0 Å². The van der Waals surface area contributed by atoms with E-state index in [1.54, 1.807) is 44.1 Å². The number of urea groups is 1. The van der Waals surface area contributed by atoms with Gasteiger partial charge in [-0.25, -0.2) is 14.2 Å². The predicted molar refractivity (Wildman–Crippen MR) is 123 cm³/mol. The molecule has 1 aromatic heterocycles. The lowest BCUT2D eigenvalue weighted by atomic mass is 9.97. The lowest BCUT2D eigenvalue weighted by Crippen LogP contribution is -2.38. The highest BCUT2D eigenvalue weighted by Crippen LogP contribution is 2.38. The summed E-state index contributed by atoms with van der Waals surface area (Å²) >= 11 is 8.56. The van der Waals surface area contributed by atoms with E-state index in [1.165, 1.54) is 29.2 Å². The van der Waals surface area contributed by atoms with Crippen molar-refractivity contribution in [2.75, 3.05) is 18.1 Å². The van der Waals surface area contributed by atoms with Crippen molar-refractivity contribution in [2.45, 2.75) is 49.3 Å². The molecule has 3 rings (SSSR count). The number of carboxylic acid groups (broad SMARTS) is 1. The second-order valence-corrected chi connectivity index (χ2v) is 11.1. The van der Waals surface area contributed by atoms with Gasteiger partial charge in [0.1, 0.15) is 5.82 Å². The summed E-state index contributed by atoms with van der Waals surface area (Å²) in [6.07, 6.45) is 3.92. The fraction of sp³-hybridized carbons (Fsp3) is 0.476. The SMILES string of the molecule is CN(C(=O)Nc1ncc(SCC(C)(C)C(=O)O)s1)C1CCC(c2ccc(Cl)cc2F)C1. The first-order valence-corrected chi connectivity index (χ1v) is 12.1. The van der Waals surface area contributed by atoms with Crippen LogP contribution in [0.1, 0.15) is 44.6 Å². The van der Waals surface area contributed by atoms with Crippen LogP contribution in [0.2, 0.25) is 5.02 Å². The number of carbonyl (C=O) groups is 2. The Kier molecular flexibility index (Phi) is 7.49. The molecule has 31 heavy (non-hydrogen) atoms. The summed E-state index contributed by atoms with van der Waals surface area (Å²) in [4.78, 5) is 29.8. The number of nitrogens with one attached hydrogen (secondary N) is 1. The van der Waals surface area contributed by atoms with Crippen molar-refractivity contribution < 1.29 is 19.1 Å².